The van der Waals surface area contributed by atoms with Gasteiger partial charge >= 0.3 is 0 Å². The molecule has 4 aromatic rings. The van der Waals surface area contributed by atoms with Crippen LogP contribution in [0.1, 0.15) is 13.3 Å². The van der Waals surface area contributed by atoms with E-state index in [9.17, 15) is 13.2 Å². The van der Waals surface area contributed by atoms with Crippen molar-refractivity contribution >= 4 is 22.5 Å². The number of aromatic nitrogens is 6. The van der Waals surface area contributed by atoms with Gasteiger partial charge in [0.25, 0.3) is 5.92 Å². The van der Waals surface area contributed by atoms with Crippen LogP contribution in [0.5, 0.6) is 5.88 Å². The summed E-state index contributed by atoms with van der Waals surface area (Å²) in [6.45, 7) is 1.40. The fourth-order valence-electron chi connectivity index (χ4n) is 4.33. The van der Waals surface area contributed by atoms with Gasteiger partial charge in [-0.3, -0.25) is 0 Å². The van der Waals surface area contributed by atoms with E-state index in [0.29, 0.717) is 35.4 Å². The number of benzene rings is 1. The van der Waals surface area contributed by atoms with Crippen LogP contribution in [-0.4, -0.2) is 79.9 Å². The molecule has 0 saturated carbocycles. The minimum absolute atomic E-state index is 0.270. The molecule has 1 aromatic carbocycles. The van der Waals surface area contributed by atoms with Crippen molar-refractivity contribution in [2.75, 3.05) is 32.6 Å². The van der Waals surface area contributed by atoms with Crippen LogP contribution in [0.2, 0.25) is 0 Å². The third-order valence-electron chi connectivity index (χ3n) is 5.98. The molecular weight excluding hydrogens is 449 g/mol. The number of likely N-dealkylation sites (tertiary alicyclic amines) is 1. The number of alkyl halides is 3. The second-order valence-electron chi connectivity index (χ2n) is 8.81. The molecule has 12 heteroatoms. The number of piperidine rings is 1. The first-order valence-electron chi connectivity index (χ1n) is 11.0. The number of ether oxygens (including phenoxy) is 1. The number of rotatable bonds is 6. The molecular formula is C22H25F3N8O. The Morgan fingerprint density at radius 2 is 2.09 bits per heavy atom. The fourth-order valence-corrected chi connectivity index (χ4v) is 4.33. The van der Waals surface area contributed by atoms with E-state index in [1.54, 1.807) is 22.8 Å². The largest absolute Gasteiger partial charge is 0.479 e. The van der Waals surface area contributed by atoms with Gasteiger partial charge in [-0.05, 0) is 37.2 Å². The zero-order chi connectivity index (χ0) is 24.0. The van der Waals surface area contributed by atoms with Crippen LogP contribution in [0.25, 0.3) is 27.7 Å². The quantitative estimate of drug-likeness (QED) is 0.459. The predicted octanol–water partition coefficient (Wildman–Crippen LogP) is 3.26. The first-order valence-corrected chi connectivity index (χ1v) is 11.0. The van der Waals surface area contributed by atoms with E-state index < -0.39 is 18.6 Å². The second kappa shape index (κ2) is 8.42. The highest BCUT2D eigenvalue weighted by Gasteiger charge is 2.29. The first kappa shape index (κ1) is 22.4. The molecule has 1 fully saturated rings. The molecule has 1 saturated heterocycles. The Morgan fingerprint density at radius 1 is 1.26 bits per heavy atom. The van der Waals surface area contributed by atoms with Crippen LogP contribution in [0.15, 0.2) is 30.5 Å². The number of anilines is 1. The number of nitrogens with zero attached hydrogens (tertiary/aromatic N) is 7. The topological polar surface area (TPSA) is 85.4 Å². The Labute approximate surface area is 193 Å². The highest BCUT2D eigenvalue weighted by atomic mass is 19.3. The zero-order valence-corrected chi connectivity index (χ0v) is 19.0. The molecule has 0 aliphatic carbocycles. The van der Waals surface area contributed by atoms with Crippen molar-refractivity contribution in [2.24, 2.45) is 0 Å². The predicted molar refractivity (Wildman–Crippen MR) is 121 cm³/mol. The van der Waals surface area contributed by atoms with Crippen molar-refractivity contribution in [3.8, 4) is 17.0 Å². The molecule has 1 N–H and O–H groups in total. The van der Waals surface area contributed by atoms with Gasteiger partial charge in [-0.25, -0.2) is 22.4 Å². The third kappa shape index (κ3) is 4.25. The van der Waals surface area contributed by atoms with Gasteiger partial charge in [0.2, 0.25) is 11.8 Å². The third-order valence-corrected chi connectivity index (χ3v) is 5.98. The molecule has 0 unspecified atom stereocenters. The average Bonchev–Trinajstić information content (AvgIpc) is 3.38. The monoisotopic (exact) mass is 474 g/mol. The van der Waals surface area contributed by atoms with Crippen molar-refractivity contribution in [2.45, 2.75) is 38.0 Å². The Kier molecular flexibility index (Phi) is 5.54. The Hall–Kier alpha value is -3.41. The van der Waals surface area contributed by atoms with E-state index in [-0.39, 0.29) is 12.0 Å². The number of halogens is 3. The molecule has 3 aromatic heterocycles. The van der Waals surface area contributed by atoms with Crippen LogP contribution in [0, 0.1) is 0 Å². The Bertz CT molecular complexity index is 1330. The minimum atomic E-state index is -2.92. The normalized spacial score (nSPS) is 19.7. The number of nitrogens with one attached hydrogen (secondary N) is 1. The standard InChI is InChI=1S/C22H25F3N8O/c1-22(24,25)12-33-18-10-13(4-5-17(18)28-30-33)14-6-9-32-19(14)20(34-3)27-21(29-32)26-16-7-8-31(2)11-15(16)23/h4-6,9-10,15-16H,7-8,11-12H2,1-3H3,(H,26,29)/t15-,16+/m1/s1. The van der Waals surface area contributed by atoms with Crippen molar-refractivity contribution in [3.05, 3.63) is 30.5 Å². The fraction of sp³-hybridized carbons (Fsp3) is 0.455. The number of hydrogen-bond donors (Lipinski definition) is 1. The summed E-state index contributed by atoms with van der Waals surface area (Å²) in [5, 5.41) is 15.5. The summed E-state index contributed by atoms with van der Waals surface area (Å²) >= 11 is 0. The highest BCUT2D eigenvalue weighted by Crippen LogP contribution is 2.33. The van der Waals surface area contributed by atoms with Crippen LogP contribution >= 0.6 is 0 Å². The minimum Gasteiger partial charge on any atom is -0.479 e. The van der Waals surface area contributed by atoms with Crippen molar-refractivity contribution < 1.29 is 17.9 Å². The van der Waals surface area contributed by atoms with Crippen molar-refractivity contribution in [3.63, 3.8) is 0 Å². The van der Waals surface area contributed by atoms with Crippen molar-refractivity contribution in [1.82, 2.24) is 34.5 Å². The smallest absolute Gasteiger partial charge is 0.264 e. The molecule has 4 heterocycles. The van der Waals surface area contributed by atoms with Crippen LogP contribution in [-0.2, 0) is 6.54 Å². The van der Waals surface area contributed by atoms with E-state index in [1.165, 1.54) is 11.8 Å². The lowest BCUT2D eigenvalue weighted by Crippen LogP contribution is -2.46. The molecule has 0 amide bonds. The molecule has 180 valence electrons. The molecule has 2 atom stereocenters. The zero-order valence-electron chi connectivity index (χ0n) is 19.0. The SMILES string of the molecule is COc1nc(N[C@H]2CCN(C)C[C@H]2F)nn2ccc(-c3ccc4nnn(CC(C)(F)F)c4c3)c12. The van der Waals surface area contributed by atoms with Gasteiger partial charge in [-0.2, -0.15) is 4.98 Å². The number of methoxy groups -OCH3 is 1. The summed E-state index contributed by atoms with van der Waals surface area (Å²) in [6.07, 6.45) is 1.35. The molecule has 5 rings (SSSR count). The summed E-state index contributed by atoms with van der Waals surface area (Å²) in [6, 6.07) is 6.77. The Balaban J connectivity index is 1.51. The number of hydrogen-bond acceptors (Lipinski definition) is 7. The summed E-state index contributed by atoms with van der Waals surface area (Å²) in [5.74, 6) is -2.34. The van der Waals surface area contributed by atoms with E-state index in [2.05, 4.69) is 25.7 Å². The van der Waals surface area contributed by atoms with Gasteiger partial charge in [0.05, 0.1) is 18.7 Å². The summed E-state index contributed by atoms with van der Waals surface area (Å²) in [7, 11) is 3.39. The van der Waals surface area contributed by atoms with Gasteiger partial charge < -0.3 is 15.0 Å². The lowest BCUT2D eigenvalue weighted by molar-refractivity contribution is 0.00130. The van der Waals surface area contributed by atoms with Gasteiger partial charge in [-0.15, -0.1) is 10.2 Å². The van der Waals surface area contributed by atoms with E-state index >= 15 is 0 Å². The maximum absolute atomic E-state index is 14.5. The first-order chi connectivity index (χ1) is 16.2. The summed E-state index contributed by atoms with van der Waals surface area (Å²) in [4.78, 5) is 6.42. The Morgan fingerprint density at radius 3 is 2.82 bits per heavy atom. The van der Waals surface area contributed by atoms with Crippen LogP contribution in [0.3, 0.4) is 0 Å². The van der Waals surface area contributed by atoms with Gasteiger partial charge in [0.15, 0.2) is 0 Å². The summed E-state index contributed by atoms with van der Waals surface area (Å²) < 4.78 is 50.0. The lowest BCUT2D eigenvalue weighted by Gasteiger charge is -2.32. The van der Waals surface area contributed by atoms with Crippen LogP contribution < -0.4 is 10.1 Å². The van der Waals surface area contributed by atoms with E-state index in [1.807, 2.05) is 24.1 Å². The van der Waals surface area contributed by atoms with E-state index in [0.717, 1.165) is 24.6 Å². The molecule has 1 aliphatic rings. The van der Waals surface area contributed by atoms with Gasteiger partial charge in [0, 0.05) is 31.8 Å². The molecule has 0 radical (unpaired) electrons. The molecule has 0 bridgehead atoms. The number of fused-ring (bicyclic) bond motifs is 2. The van der Waals surface area contributed by atoms with Crippen LogP contribution in [0.4, 0.5) is 19.1 Å². The molecule has 0 spiro atoms. The second-order valence-corrected chi connectivity index (χ2v) is 8.81. The lowest BCUT2D eigenvalue weighted by atomic mass is 10.0. The average molecular weight is 474 g/mol. The van der Waals surface area contributed by atoms with Crippen molar-refractivity contribution in [1.29, 1.82) is 0 Å². The van der Waals surface area contributed by atoms with Gasteiger partial charge in [-0.1, -0.05) is 11.3 Å². The maximum atomic E-state index is 14.5. The van der Waals surface area contributed by atoms with Gasteiger partial charge in [0.1, 0.15) is 23.7 Å². The molecule has 34 heavy (non-hydrogen) atoms. The summed E-state index contributed by atoms with van der Waals surface area (Å²) in [5.41, 5.74) is 3.12. The maximum Gasteiger partial charge on any atom is 0.264 e. The highest BCUT2D eigenvalue weighted by molar-refractivity contribution is 5.89. The van der Waals surface area contributed by atoms with E-state index in [4.69, 9.17) is 4.74 Å². The molecule has 9 nitrogen and oxygen atoms in total. The molecule has 1 aliphatic heterocycles.